The van der Waals surface area contributed by atoms with Gasteiger partial charge in [-0.25, -0.2) is 0 Å². The molecule has 5 nitrogen and oxygen atoms in total. The van der Waals surface area contributed by atoms with Gasteiger partial charge in [0.05, 0.1) is 6.10 Å². The molecule has 1 unspecified atom stereocenters. The lowest BCUT2D eigenvalue weighted by atomic mass is 9.93. The Morgan fingerprint density at radius 1 is 1.10 bits per heavy atom. The summed E-state index contributed by atoms with van der Waals surface area (Å²) < 4.78 is 5.75. The number of amides is 1. The van der Waals surface area contributed by atoms with Crippen molar-refractivity contribution in [2.24, 2.45) is 5.92 Å². The Bertz CT molecular complexity index is 352. The molecule has 1 atom stereocenters. The third-order valence-corrected chi connectivity index (χ3v) is 4.63. The van der Waals surface area contributed by atoms with Crippen molar-refractivity contribution in [3.05, 3.63) is 0 Å². The summed E-state index contributed by atoms with van der Waals surface area (Å²) in [4.78, 5) is 24.7. The fourth-order valence-corrected chi connectivity index (χ4v) is 3.37. The fourth-order valence-electron chi connectivity index (χ4n) is 3.37. The van der Waals surface area contributed by atoms with E-state index in [-0.39, 0.29) is 25.0 Å². The molecule has 1 amide bonds. The molecule has 1 saturated carbocycles. The van der Waals surface area contributed by atoms with E-state index < -0.39 is 5.97 Å². The smallest absolute Gasteiger partial charge is 0.303 e. The second-order valence-corrected chi connectivity index (χ2v) is 6.35. The van der Waals surface area contributed by atoms with Crippen LogP contribution in [0.5, 0.6) is 0 Å². The van der Waals surface area contributed by atoms with E-state index in [2.05, 4.69) is 0 Å². The summed E-state index contributed by atoms with van der Waals surface area (Å²) in [7, 11) is 0. The molecule has 1 aliphatic heterocycles. The molecule has 0 bridgehead atoms. The third-order valence-electron chi connectivity index (χ3n) is 4.63. The first-order chi connectivity index (χ1) is 10.1. The number of hydrogen-bond acceptors (Lipinski definition) is 3. The maximum atomic E-state index is 12.2. The molecule has 2 rings (SSSR count). The van der Waals surface area contributed by atoms with Gasteiger partial charge in [0.15, 0.2) is 0 Å². The second kappa shape index (κ2) is 8.37. The third kappa shape index (κ3) is 5.65. The van der Waals surface area contributed by atoms with Crippen LogP contribution in [-0.4, -0.2) is 47.7 Å². The van der Waals surface area contributed by atoms with Crippen molar-refractivity contribution in [3.63, 3.8) is 0 Å². The van der Waals surface area contributed by atoms with Crippen LogP contribution in [-0.2, 0) is 14.3 Å². The van der Waals surface area contributed by atoms with Crippen molar-refractivity contribution in [1.82, 2.24) is 4.90 Å². The average molecular weight is 297 g/mol. The molecule has 1 heterocycles. The van der Waals surface area contributed by atoms with Gasteiger partial charge in [0, 0.05) is 19.5 Å². The predicted octanol–water partition coefficient (Wildman–Crippen LogP) is 2.44. The number of aliphatic carboxylic acids is 1. The normalized spacial score (nSPS) is 24.0. The van der Waals surface area contributed by atoms with Gasteiger partial charge in [-0.1, -0.05) is 19.3 Å². The Kier molecular flexibility index (Phi) is 6.49. The molecule has 120 valence electrons. The molecule has 1 saturated heterocycles. The molecule has 0 spiro atoms. The molecule has 0 aromatic rings. The zero-order valence-electron chi connectivity index (χ0n) is 12.8. The minimum absolute atomic E-state index is 0.0700. The Labute approximate surface area is 126 Å². The first-order valence-electron chi connectivity index (χ1n) is 8.26. The minimum Gasteiger partial charge on any atom is -0.481 e. The highest BCUT2D eigenvalue weighted by Crippen LogP contribution is 2.22. The number of rotatable bonds is 6. The van der Waals surface area contributed by atoms with Gasteiger partial charge in [-0.2, -0.15) is 0 Å². The molecular formula is C16H27NO4. The number of carbonyl (C=O) groups is 2. The number of nitrogens with zero attached hydrogens (tertiary/aromatic N) is 1. The predicted molar refractivity (Wildman–Crippen MR) is 79.0 cm³/mol. The van der Waals surface area contributed by atoms with Crippen LogP contribution in [0.4, 0.5) is 0 Å². The van der Waals surface area contributed by atoms with Crippen LogP contribution in [0.1, 0.15) is 57.8 Å². The summed E-state index contributed by atoms with van der Waals surface area (Å²) in [6.07, 6.45) is 8.98. The van der Waals surface area contributed by atoms with Crippen LogP contribution in [0.3, 0.4) is 0 Å². The van der Waals surface area contributed by atoms with Gasteiger partial charge in [0.2, 0.25) is 5.91 Å². The topological polar surface area (TPSA) is 66.8 Å². The van der Waals surface area contributed by atoms with Crippen LogP contribution in [0.25, 0.3) is 0 Å². The zero-order valence-corrected chi connectivity index (χ0v) is 12.8. The summed E-state index contributed by atoms with van der Waals surface area (Å²) >= 11 is 0. The molecule has 0 radical (unpaired) electrons. The van der Waals surface area contributed by atoms with E-state index in [1.165, 1.54) is 19.3 Å². The lowest BCUT2D eigenvalue weighted by Crippen LogP contribution is -2.42. The summed E-state index contributed by atoms with van der Waals surface area (Å²) in [6.45, 7) is 1.67. The molecular weight excluding hydrogens is 270 g/mol. The van der Waals surface area contributed by atoms with Crippen LogP contribution in [0, 0.1) is 5.92 Å². The first-order valence-corrected chi connectivity index (χ1v) is 8.26. The van der Waals surface area contributed by atoms with E-state index in [0.717, 1.165) is 32.2 Å². The highest BCUT2D eigenvalue weighted by atomic mass is 16.5. The number of hydrogen-bond donors (Lipinski definition) is 1. The van der Waals surface area contributed by atoms with E-state index in [4.69, 9.17) is 9.84 Å². The number of likely N-dealkylation sites (tertiary alicyclic amines) is 1. The summed E-state index contributed by atoms with van der Waals surface area (Å²) in [6, 6.07) is 0. The molecule has 0 aromatic carbocycles. The van der Waals surface area contributed by atoms with E-state index in [9.17, 15) is 9.59 Å². The number of carbonyl (C=O) groups excluding carboxylic acids is 1. The van der Waals surface area contributed by atoms with Crippen LogP contribution >= 0.6 is 0 Å². The minimum atomic E-state index is -0.751. The zero-order chi connectivity index (χ0) is 15.1. The summed E-state index contributed by atoms with van der Waals surface area (Å²) in [5.41, 5.74) is 0. The van der Waals surface area contributed by atoms with Crippen molar-refractivity contribution < 1.29 is 19.4 Å². The summed E-state index contributed by atoms with van der Waals surface area (Å²) in [5, 5.41) is 8.75. The largest absolute Gasteiger partial charge is 0.481 e. The van der Waals surface area contributed by atoms with E-state index in [1.807, 2.05) is 4.90 Å². The molecule has 21 heavy (non-hydrogen) atoms. The maximum absolute atomic E-state index is 12.2. The standard InChI is InChI=1S/C16H27NO4/c18-15(12-21-14-6-2-1-3-7-14)17-10-4-5-13(11-17)8-9-16(19)20/h13-14H,1-12H2,(H,19,20). The van der Waals surface area contributed by atoms with Gasteiger partial charge in [-0.15, -0.1) is 0 Å². The van der Waals surface area contributed by atoms with Crippen molar-refractivity contribution in [2.75, 3.05) is 19.7 Å². The Morgan fingerprint density at radius 2 is 1.86 bits per heavy atom. The Hall–Kier alpha value is -1.10. The summed E-state index contributed by atoms with van der Waals surface area (Å²) in [5.74, 6) is -0.354. The molecule has 2 fully saturated rings. The number of carboxylic acids is 1. The second-order valence-electron chi connectivity index (χ2n) is 6.35. The van der Waals surface area contributed by atoms with Crippen LogP contribution in [0.15, 0.2) is 0 Å². The molecule has 0 aromatic heterocycles. The van der Waals surface area contributed by atoms with Gasteiger partial charge < -0.3 is 14.7 Å². The van der Waals surface area contributed by atoms with Gasteiger partial charge in [-0.05, 0) is 38.0 Å². The quantitative estimate of drug-likeness (QED) is 0.817. The Balaban J connectivity index is 1.69. The van der Waals surface area contributed by atoms with Gasteiger partial charge in [0.25, 0.3) is 0 Å². The lowest BCUT2D eigenvalue weighted by molar-refractivity contribution is -0.140. The fraction of sp³-hybridized carbons (Fsp3) is 0.875. The van der Waals surface area contributed by atoms with Crippen LogP contribution < -0.4 is 0 Å². The maximum Gasteiger partial charge on any atom is 0.303 e. The van der Waals surface area contributed by atoms with Gasteiger partial charge in [-0.3, -0.25) is 9.59 Å². The average Bonchev–Trinajstić information content (AvgIpc) is 2.52. The highest BCUT2D eigenvalue weighted by molar-refractivity contribution is 5.77. The number of carboxylic acid groups (broad SMARTS) is 1. The first kappa shape index (κ1) is 16.3. The van der Waals surface area contributed by atoms with Crippen molar-refractivity contribution in [1.29, 1.82) is 0 Å². The van der Waals surface area contributed by atoms with Gasteiger partial charge in [0.1, 0.15) is 6.61 Å². The highest BCUT2D eigenvalue weighted by Gasteiger charge is 2.25. The molecule has 1 aliphatic carbocycles. The van der Waals surface area contributed by atoms with Crippen molar-refractivity contribution in [2.45, 2.75) is 63.9 Å². The molecule has 1 N–H and O–H groups in total. The van der Waals surface area contributed by atoms with Crippen LogP contribution in [0.2, 0.25) is 0 Å². The van der Waals surface area contributed by atoms with E-state index in [1.54, 1.807) is 0 Å². The Morgan fingerprint density at radius 3 is 2.57 bits per heavy atom. The van der Waals surface area contributed by atoms with Crippen molar-refractivity contribution >= 4 is 11.9 Å². The van der Waals surface area contributed by atoms with Gasteiger partial charge >= 0.3 is 5.97 Å². The lowest BCUT2D eigenvalue weighted by Gasteiger charge is -2.33. The van der Waals surface area contributed by atoms with E-state index >= 15 is 0 Å². The SMILES string of the molecule is O=C(O)CCC1CCCN(C(=O)COC2CCCCC2)C1. The number of piperidine rings is 1. The molecule has 2 aliphatic rings. The monoisotopic (exact) mass is 297 g/mol. The number of ether oxygens (including phenoxy) is 1. The van der Waals surface area contributed by atoms with E-state index in [0.29, 0.717) is 18.9 Å². The molecule has 5 heteroatoms. The van der Waals surface area contributed by atoms with Crippen molar-refractivity contribution in [3.8, 4) is 0 Å².